The van der Waals surface area contributed by atoms with Crippen molar-refractivity contribution in [3.63, 3.8) is 0 Å². The summed E-state index contributed by atoms with van der Waals surface area (Å²) in [4.78, 5) is 11.1. The Morgan fingerprint density at radius 3 is 3.06 bits per heavy atom. The van der Waals surface area contributed by atoms with Gasteiger partial charge in [0, 0.05) is 5.92 Å². The Morgan fingerprint density at radius 1 is 1.47 bits per heavy atom. The van der Waals surface area contributed by atoms with Gasteiger partial charge >= 0.3 is 0 Å². The van der Waals surface area contributed by atoms with Crippen molar-refractivity contribution >= 4 is 11.7 Å². The quantitative estimate of drug-likeness (QED) is 0.547. The second kappa shape index (κ2) is 3.52. The van der Waals surface area contributed by atoms with Crippen LogP contribution in [0.5, 0.6) is 5.75 Å². The second-order valence-electron chi connectivity index (χ2n) is 4.54. The van der Waals surface area contributed by atoms with Crippen LogP contribution in [0.4, 0.5) is 5.69 Å². The van der Waals surface area contributed by atoms with Crippen LogP contribution in [-0.4, -0.2) is 17.1 Å². The molecule has 0 amide bonds. The number of carbonyl (C=O) groups is 1. The van der Waals surface area contributed by atoms with Crippen LogP contribution < -0.4 is 10.4 Å². The number of carboxylic acids is 1. The maximum absolute atomic E-state index is 11.1. The molecule has 0 spiro atoms. The normalized spacial score (nSPS) is 29.3. The van der Waals surface area contributed by atoms with Crippen LogP contribution in [0.1, 0.15) is 17.9 Å². The van der Waals surface area contributed by atoms with Crippen molar-refractivity contribution in [1.82, 2.24) is 0 Å². The molecule has 1 aliphatic heterocycles. The summed E-state index contributed by atoms with van der Waals surface area (Å²) >= 11 is 0. The molecule has 0 bridgehead atoms. The number of rotatable bonds is 1. The molecule has 1 aromatic carbocycles. The van der Waals surface area contributed by atoms with Gasteiger partial charge in [0.25, 0.3) is 0 Å². The summed E-state index contributed by atoms with van der Waals surface area (Å²) in [6, 6.07) is 4.51. The summed E-state index contributed by atoms with van der Waals surface area (Å²) in [7, 11) is 0. The molecule has 0 radical (unpaired) electrons. The van der Waals surface area contributed by atoms with Gasteiger partial charge in [-0.3, -0.25) is 0 Å². The minimum atomic E-state index is -1.11. The van der Waals surface area contributed by atoms with E-state index in [2.05, 4.69) is 5.32 Å². The molecule has 1 aliphatic carbocycles. The highest BCUT2D eigenvalue weighted by molar-refractivity contribution is 5.80. The fourth-order valence-corrected chi connectivity index (χ4v) is 2.84. The molecule has 4 nitrogen and oxygen atoms in total. The highest BCUT2D eigenvalue weighted by atomic mass is 16.4. The zero-order valence-corrected chi connectivity index (χ0v) is 9.09. The number of para-hydroxylation sites is 1. The fraction of sp³-hybridized carbons (Fsp3) is 0.308. The van der Waals surface area contributed by atoms with Crippen molar-refractivity contribution in [2.45, 2.75) is 18.4 Å². The molecule has 3 rings (SSSR count). The van der Waals surface area contributed by atoms with Crippen molar-refractivity contribution in [1.29, 1.82) is 0 Å². The van der Waals surface area contributed by atoms with Crippen molar-refractivity contribution in [2.75, 3.05) is 5.32 Å². The Balaban J connectivity index is 2.12. The highest BCUT2D eigenvalue weighted by Gasteiger charge is 2.38. The number of aliphatic carboxylic acids is 1. The number of aromatic hydroxyl groups is 1. The monoisotopic (exact) mass is 230 g/mol. The highest BCUT2D eigenvalue weighted by Crippen LogP contribution is 2.47. The van der Waals surface area contributed by atoms with E-state index < -0.39 is 12.0 Å². The number of phenols is 1. The average Bonchev–Trinajstić information content (AvgIpc) is 2.77. The van der Waals surface area contributed by atoms with Crippen LogP contribution in [0.3, 0.4) is 0 Å². The first-order valence-electron chi connectivity index (χ1n) is 5.64. The smallest absolute Gasteiger partial charge is 0.138 e. The van der Waals surface area contributed by atoms with E-state index in [9.17, 15) is 15.0 Å². The van der Waals surface area contributed by atoms with Gasteiger partial charge in [-0.2, -0.15) is 0 Å². The zero-order valence-electron chi connectivity index (χ0n) is 9.09. The number of carbonyl (C=O) groups excluding carboxylic acids is 1. The van der Waals surface area contributed by atoms with E-state index in [-0.39, 0.29) is 17.6 Å². The number of hydrogen-bond acceptors (Lipinski definition) is 4. The Bertz CT molecular complexity index is 509. The lowest BCUT2D eigenvalue weighted by atomic mass is 9.79. The van der Waals surface area contributed by atoms with Gasteiger partial charge in [0.05, 0.1) is 17.7 Å². The number of anilines is 1. The molecule has 88 valence electrons. The molecule has 2 N–H and O–H groups in total. The molecule has 4 heteroatoms. The molecular formula is C13H12NO3-. The Morgan fingerprint density at radius 2 is 2.29 bits per heavy atom. The molecular weight excluding hydrogens is 218 g/mol. The first kappa shape index (κ1) is 10.2. The van der Waals surface area contributed by atoms with Gasteiger partial charge in [0.2, 0.25) is 0 Å². The summed E-state index contributed by atoms with van der Waals surface area (Å²) in [6.07, 6.45) is 4.73. The van der Waals surface area contributed by atoms with Gasteiger partial charge < -0.3 is 20.3 Å². The summed E-state index contributed by atoms with van der Waals surface area (Å²) in [5.74, 6) is -0.986. The number of benzene rings is 1. The minimum Gasteiger partial charge on any atom is -0.548 e. The van der Waals surface area contributed by atoms with Gasteiger partial charge in [0.15, 0.2) is 0 Å². The van der Waals surface area contributed by atoms with Crippen molar-refractivity contribution in [3.05, 3.63) is 35.9 Å². The number of allylic oxidation sites excluding steroid dienone is 2. The predicted octanol–water partition coefficient (Wildman–Crippen LogP) is 0.596. The van der Waals surface area contributed by atoms with Gasteiger partial charge in [-0.05, 0) is 24.0 Å². The summed E-state index contributed by atoms with van der Waals surface area (Å²) in [5, 5.41) is 23.8. The largest absolute Gasteiger partial charge is 0.548 e. The van der Waals surface area contributed by atoms with Crippen molar-refractivity contribution in [2.24, 2.45) is 5.92 Å². The lowest BCUT2D eigenvalue weighted by molar-refractivity contribution is -0.308. The Hall–Kier alpha value is -1.97. The van der Waals surface area contributed by atoms with E-state index in [0.717, 1.165) is 12.0 Å². The number of phenolic OH excluding ortho intramolecular Hbond substituents is 1. The first-order valence-corrected chi connectivity index (χ1v) is 5.64. The standard InChI is InChI=1S/C13H13NO3/c15-10-6-2-5-8-7-3-1-4-9(7)12(13(16)17)14-11(8)10/h1-3,5-7,9,12,14-15H,4H2,(H,16,17)/p-1/t7-,9+,12+/m0/s1. The molecule has 1 aromatic rings. The Kier molecular flexibility index (Phi) is 2.11. The molecule has 1 heterocycles. The number of carboxylic acid groups (broad SMARTS) is 1. The third-order valence-corrected chi connectivity index (χ3v) is 3.63. The summed E-state index contributed by atoms with van der Waals surface area (Å²) in [5.41, 5.74) is 1.48. The van der Waals surface area contributed by atoms with E-state index >= 15 is 0 Å². The molecule has 0 aromatic heterocycles. The maximum Gasteiger partial charge on any atom is 0.138 e. The van der Waals surface area contributed by atoms with Crippen molar-refractivity contribution in [3.8, 4) is 5.75 Å². The molecule has 17 heavy (non-hydrogen) atoms. The van der Waals surface area contributed by atoms with Gasteiger partial charge in [-0.15, -0.1) is 0 Å². The molecule has 0 saturated heterocycles. The lowest BCUT2D eigenvalue weighted by Crippen LogP contribution is -2.48. The van der Waals surface area contributed by atoms with Crippen LogP contribution in [0, 0.1) is 5.92 Å². The van der Waals surface area contributed by atoms with E-state index in [1.807, 2.05) is 18.2 Å². The van der Waals surface area contributed by atoms with Gasteiger partial charge in [-0.1, -0.05) is 24.3 Å². The van der Waals surface area contributed by atoms with E-state index in [0.29, 0.717) is 5.69 Å². The Labute approximate surface area is 98.6 Å². The van der Waals surface area contributed by atoms with Gasteiger partial charge in [0.1, 0.15) is 5.75 Å². The van der Waals surface area contributed by atoms with Crippen LogP contribution in [0.2, 0.25) is 0 Å². The van der Waals surface area contributed by atoms with Crippen LogP contribution in [0.15, 0.2) is 30.4 Å². The molecule has 0 saturated carbocycles. The van der Waals surface area contributed by atoms with Crippen LogP contribution in [-0.2, 0) is 4.79 Å². The molecule has 0 fully saturated rings. The van der Waals surface area contributed by atoms with Crippen molar-refractivity contribution < 1.29 is 15.0 Å². The van der Waals surface area contributed by atoms with E-state index in [1.165, 1.54) is 0 Å². The topological polar surface area (TPSA) is 72.4 Å². The molecule has 0 unspecified atom stereocenters. The van der Waals surface area contributed by atoms with Gasteiger partial charge in [-0.25, -0.2) is 0 Å². The maximum atomic E-state index is 11.1. The third-order valence-electron chi connectivity index (χ3n) is 3.63. The first-order chi connectivity index (χ1) is 8.18. The number of fused-ring (bicyclic) bond motifs is 3. The average molecular weight is 230 g/mol. The molecule has 3 atom stereocenters. The van der Waals surface area contributed by atoms with E-state index in [1.54, 1.807) is 12.1 Å². The van der Waals surface area contributed by atoms with Crippen LogP contribution >= 0.6 is 0 Å². The summed E-state index contributed by atoms with van der Waals surface area (Å²) < 4.78 is 0. The summed E-state index contributed by atoms with van der Waals surface area (Å²) in [6.45, 7) is 0. The van der Waals surface area contributed by atoms with Crippen LogP contribution in [0.25, 0.3) is 0 Å². The third kappa shape index (κ3) is 1.40. The number of nitrogens with one attached hydrogen (secondary N) is 1. The fourth-order valence-electron chi connectivity index (χ4n) is 2.84. The minimum absolute atomic E-state index is 0.0192. The lowest BCUT2D eigenvalue weighted by Gasteiger charge is -2.37. The second-order valence-corrected chi connectivity index (χ2v) is 4.54. The van der Waals surface area contributed by atoms with E-state index in [4.69, 9.17) is 0 Å². The zero-order chi connectivity index (χ0) is 12.0. The SMILES string of the molecule is O=C([O-])[C@@H]1Nc2c(O)cccc2[C@@H]2C=CC[C@@H]12. The predicted molar refractivity (Wildman–Crippen MR) is 60.5 cm³/mol. The number of hydrogen-bond donors (Lipinski definition) is 2. The molecule has 2 aliphatic rings.